The Balaban J connectivity index is 2.23. The molecule has 0 fully saturated rings. The molecule has 4 nitrogen and oxygen atoms in total. The first kappa shape index (κ1) is 23.7. The van der Waals surface area contributed by atoms with E-state index >= 15 is 0 Å². The Morgan fingerprint density at radius 3 is 2.45 bits per heavy atom. The number of benzene rings is 2. The van der Waals surface area contributed by atoms with E-state index in [9.17, 15) is 9.00 Å². The lowest BCUT2D eigenvalue weighted by molar-refractivity contribution is -0.142. The first-order chi connectivity index (χ1) is 14.5. The van der Waals surface area contributed by atoms with E-state index in [0.29, 0.717) is 10.6 Å². The largest absolute Gasteiger partial charge is 0.469 e. The zero-order chi connectivity index (χ0) is 23.0. The summed E-state index contributed by atoms with van der Waals surface area (Å²) in [6, 6.07) is 10.1. The van der Waals surface area contributed by atoms with Crippen molar-refractivity contribution in [2.75, 3.05) is 7.11 Å². The summed E-state index contributed by atoms with van der Waals surface area (Å²) in [5, 5.41) is 2.62. The minimum Gasteiger partial charge on any atom is -0.469 e. The minimum absolute atomic E-state index is 0.00875. The Labute approximate surface area is 194 Å². The van der Waals surface area contributed by atoms with E-state index in [-0.39, 0.29) is 6.42 Å². The summed E-state index contributed by atoms with van der Waals surface area (Å²) in [5.74, 6) is 5.63. The standard InChI is InChI=1S/C24H26ClNO3S2/c1-7-8-15-9-10-20-16(11-15)17-12-18(19(25)13-21(17)30-20)24(5,14-22(27)29-6)26-31(28)23(2,3)4/h9-13,26H,14H2,1-6H3/t24-,31-/m0/s1. The van der Waals surface area contributed by atoms with E-state index < -0.39 is 27.2 Å². The van der Waals surface area contributed by atoms with Crippen LogP contribution in [0.5, 0.6) is 0 Å². The van der Waals surface area contributed by atoms with Crippen LogP contribution in [-0.2, 0) is 26.1 Å². The van der Waals surface area contributed by atoms with Gasteiger partial charge in [0, 0.05) is 30.8 Å². The van der Waals surface area contributed by atoms with Gasteiger partial charge in [0.2, 0.25) is 0 Å². The molecule has 3 aromatic rings. The van der Waals surface area contributed by atoms with Gasteiger partial charge < -0.3 is 4.74 Å². The molecule has 3 rings (SSSR count). The minimum atomic E-state index is -1.42. The predicted molar refractivity (Wildman–Crippen MR) is 132 cm³/mol. The van der Waals surface area contributed by atoms with E-state index in [1.165, 1.54) is 7.11 Å². The first-order valence-corrected chi connectivity index (χ1v) is 12.2. The Kier molecular flexibility index (Phi) is 6.83. The average Bonchev–Trinajstić information content (AvgIpc) is 3.03. The van der Waals surface area contributed by atoms with Gasteiger partial charge in [-0.3, -0.25) is 4.79 Å². The molecule has 0 spiro atoms. The third kappa shape index (κ3) is 4.96. The fraction of sp³-hybridized carbons (Fsp3) is 0.375. The van der Waals surface area contributed by atoms with Crippen LogP contribution in [0, 0.1) is 11.8 Å². The molecule has 0 saturated heterocycles. The van der Waals surface area contributed by atoms with Gasteiger partial charge in [0.25, 0.3) is 0 Å². The summed E-state index contributed by atoms with van der Waals surface area (Å²) in [7, 11) is -0.0794. The maximum absolute atomic E-state index is 13.0. The zero-order valence-corrected chi connectivity index (χ0v) is 20.9. The highest BCUT2D eigenvalue weighted by Gasteiger charge is 2.37. The van der Waals surface area contributed by atoms with Crippen molar-refractivity contribution >= 4 is 60.1 Å². The Morgan fingerprint density at radius 1 is 1.16 bits per heavy atom. The second kappa shape index (κ2) is 8.91. The summed E-state index contributed by atoms with van der Waals surface area (Å²) in [6.07, 6.45) is -0.00875. The van der Waals surface area contributed by atoms with Gasteiger partial charge in [0.1, 0.15) is 0 Å². The maximum Gasteiger partial charge on any atom is 0.307 e. The monoisotopic (exact) mass is 475 g/mol. The van der Waals surface area contributed by atoms with Crippen LogP contribution in [0.15, 0.2) is 30.3 Å². The molecule has 1 heterocycles. The number of fused-ring (bicyclic) bond motifs is 3. The highest BCUT2D eigenvalue weighted by Crippen LogP contribution is 2.41. The molecule has 2 atom stereocenters. The lowest BCUT2D eigenvalue weighted by atomic mass is 9.88. The van der Waals surface area contributed by atoms with Crippen LogP contribution >= 0.6 is 22.9 Å². The summed E-state index contributed by atoms with van der Waals surface area (Å²) >= 11 is 8.37. The summed E-state index contributed by atoms with van der Waals surface area (Å²) in [6.45, 7) is 9.28. The molecule has 164 valence electrons. The predicted octanol–water partition coefficient (Wildman–Crippen LogP) is 5.91. The molecule has 0 aliphatic carbocycles. The number of hydrogen-bond donors (Lipinski definition) is 1. The third-order valence-electron chi connectivity index (χ3n) is 5.02. The van der Waals surface area contributed by atoms with Gasteiger partial charge in [-0.25, -0.2) is 8.93 Å². The molecule has 0 aliphatic rings. The fourth-order valence-electron chi connectivity index (χ4n) is 3.35. The number of halogens is 1. The van der Waals surface area contributed by atoms with Gasteiger partial charge in [-0.2, -0.15) is 0 Å². The van der Waals surface area contributed by atoms with E-state index in [1.807, 2.05) is 52.8 Å². The molecular formula is C24H26ClNO3S2. The van der Waals surface area contributed by atoms with Crippen LogP contribution in [0.1, 0.15) is 52.2 Å². The zero-order valence-electron chi connectivity index (χ0n) is 18.5. The molecule has 0 aliphatic heterocycles. The number of carbonyl (C=O) groups excluding carboxylic acids is 1. The van der Waals surface area contributed by atoms with Crippen LogP contribution in [0.3, 0.4) is 0 Å². The van der Waals surface area contributed by atoms with E-state index in [1.54, 1.807) is 11.3 Å². The van der Waals surface area contributed by atoms with Crippen molar-refractivity contribution in [3.63, 3.8) is 0 Å². The highest BCUT2D eigenvalue weighted by atomic mass is 35.5. The SMILES string of the molecule is CC#Cc1ccc2sc3cc(Cl)c([C@](C)(CC(=O)OC)N[S@@](=O)C(C)(C)C)cc3c2c1. The molecular weight excluding hydrogens is 450 g/mol. The number of nitrogens with one attached hydrogen (secondary N) is 1. The second-order valence-corrected chi connectivity index (χ2v) is 12.0. The molecule has 0 radical (unpaired) electrons. The fourth-order valence-corrected chi connectivity index (χ4v) is 5.79. The van der Waals surface area contributed by atoms with Crippen molar-refractivity contribution in [3.05, 3.63) is 46.5 Å². The molecule has 7 heteroatoms. The lowest BCUT2D eigenvalue weighted by Crippen LogP contribution is -2.47. The Hall–Kier alpha value is -1.91. The van der Waals surface area contributed by atoms with Crippen molar-refractivity contribution in [2.24, 2.45) is 0 Å². The molecule has 0 amide bonds. The van der Waals surface area contributed by atoms with E-state index in [4.69, 9.17) is 16.3 Å². The van der Waals surface area contributed by atoms with Gasteiger partial charge in [-0.15, -0.1) is 17.3 Å². The molecule has 1 N–H and O–H groups in total. The number of methoxy groups -OCH3 is 1. The summed E-state index contributed by atoms with van der Waals surface area (Å²) in [4.78, 5) is 12.3. The number of esters is 1. The van der Waals surface area contributed by atoms with Crippen molar-refractivity contribution in [3.8, 4) is 11.8 Å². The van der Waals surface area contributed by atoms with Gasteiger partial charge in [-0.1, -0.05) is 17.5 Å². The number of carbonyl (C=O) groups is 1. The topological polar surface area (TPSA) is 55.4 Å². The second-order valence-electron chi connectivity index (χ2n) is 8.58. The summed E-state index contributed by atoms with van der Waals surface area (Å²) < 4.78 is 22.7. The molecule has 0 bridgehead atoms. The van der Waals surface area contributed by atoms with E-state index in [2.05, 4.69) is 28.7 Å². The van der Waals surface area contributed by atoms with Crippen LogP contribution in [0.2, 0.25) is 5.02 Å². The molecule has 0 saturated carbocycles. The van der Waals surface area contributed by atoms with Crippen molar-refractivity contribution < 1.29 is 13.7 Å². The van der Waals surface area contributed by atoms with Crippen molar-refractivity contribution in [1.29, 1.82) is 0 Å². The van der Waals surface area contributed by atoms with Gasteiger partial charge in [0.15, 0.2) is 0 Å². The van der Waals surface area contributed by atoms with Gasteiger partial charge >= 0.3 is 5.97 Å². The Bertz CT molecular complexity index is 1250. The van der Waals surface area contributed by atoms with Gasteiger partial charge in [-0.05, 0) is 70.5 Å². The average molecular weight is 476 g/mol. The first-order valence-electron chi connectivity index (χ1n) is 9.84. The van der Waals surface area contributed by atoms with Crippen LogP contribution < -0.4 is 4.72 Å². The molecule has 2 aromatic carbocycles. The Morgan fingerprint density at radius 2 is 1.84 bits per heavy atom. The normalized spacial score (nSPS) is 14.7. The highest BCUT2D eigenvalue weighted by molar-refractivity contribution is 7.84. The van der Waals surface area contributed by atoms with E-state index in [0.717, 1.165) is 25.7 Å². The van der Waals surface area contributed by atoms with Crippen molar-refractivity contribution in [2.45, 2.75) is 51.3 Å². The van der Waals surface area contributed by atoms with Crippen LogP contribution in [-0.4, -0.2) is 22.0 Å². The lowest BCUT2D eigenvalue weighted by Gasteiger charge is -2.33. The maximum atomic E-state index is 13.0. The van der Waals surface area contributed by atoms with Gasteiger partial charge in [0.05, 0.1) is 34.8 Å². The number of ether oxygens (including phenoxy) is 1. The molecule has 0 unspecified atom stereocenters. The number of rotatable bonds is 5. The molecule has 31 heavy (non-hydrogen) atoms. The molecule has 1 aromatic heterocycles. The number of thiophene rings is 1. The third-order valence-corrected chi connectivity index (χ3v) is 8.22. The quantitative estimate of drug-likeness (QED) is 0.368. The summed E-state index contributed by atoms with van der Waals surface area (Å²) in [5.41, 5.74) is 0.665. The number of hydrogen-bond acceptors (Lipinski definition) is 4. The van der Waals surface area contributed by atoms with Crippen LogP contribution in [0.25, 0.3) is 20.2 Å². The smallest absolute Gasteiger partial charge is 0.307 e. The van der Waals surface area contributed by atoms with Crippen LogP contribution in [0.4, 0.5) is 0 Å². The van der Waals surface area contributed by atoms with Crippen molar-refractivity contribution in [1.82, 2.24) is 4.72 Å².